The van der Waals surface area contributed by atoms with Crippen molar-refractivity contribution < 1.29 is 0 Å². The lowest BCUT2D eigenvalue weighted by Gasteiger charge is -2.17. The van der Waals surface area contributed by atoms with Crippen molar-refractivity contribution in [3.05, 3.63) is 40.4 Å². The maximum atomic E-state index is 4.55. The molecule has 106 valence electrons. The molecule has 0 amide bonds. The van der Waals surface area contributed by atoms with Gasteiger partial charge in [-0.3, -0.25) is 0 Å². The standard InChI is InChI=1S/C16H21N3S/c1-11-6-12(2)8-14(7-11)19(3)16-18-10-15(20-16)9-17-13-4-5-13/h6-8,10,13,17H,4-5,9H2,1-3H3. The first-order valence-corrected chi connectivity index (χ1v) is 7.93. The second-order valence-electron chi connectivity index (χ2n) is 5.67. The summed E-state index contributed by atoms with van der Waals surface area (Å²) in [6.07, 6.45) is 4.65. The molecule has 4 heteroatoms. The van der Waals surface area contributed by atoms with Crippen molar-refractivity contribution in [1.82, 2.24) is 10.3 Å². The Morgan fingerprint density at radius 2 is 1.95 bits per heavy atom. The highest BCUT2D eigenvalue weighted by Gasteiger charge is 2.20. The Hall–Kier alpha value is -1.39. The van der Waals surface area contributed by atoms with Crippen molar-refractivity contribution in [2.45, 2.75) is 39.3 Å². The van der Waals surface area contributed by atoms with E-state index < -0.39 is 0 Å². The number of nitrogens with one attached hydrogen (secondary N) is 1. The largest absolute Gasteiger partial charge is 0.321 e. The molecule has 0 radical (unpaired) electrons. The summed E-state index contributed by atoms with van der Waals surface area (Å²) in [6.45, 7) is 5.22. The molecule has 0 unspecified atom stereocenters. The third-order valence-electron chi connectivity index (χ3n) is 3.56. The Kier molecular flexibility index (Phi) is 3.76. The van der Waals surface area contributed by atoms with Gasteiger partial charge in [0.15, 0.2) is 5.13 Å². The lowest BCUT2D eigenvalue weighted by Crippen LogP contribution is -2.14. The molecule has 2 aromatic rings. The van der Waals surface area contributed by atoms with Crippen LogP contribution in [-0.4, -0.2) is 18.1 Å². The SMILES string of the molecule is Cc1cc(C)cc(N(C)c2ncc(CNC3CC3)s2)c1. The minimum Gasteiger partial charge on any atom is -0.321 e. The fraction of sp³-hybridized carbons (Fsp3) is 0.438. The molecule has 1 fully saturated rings. The molecule has 0 saturated heterocycles. The average molecular weight is 287 g/mol. The van der Waals surface area contributed by atoms with Gasteiger partial charge in [0, 0.05) is 36.4 Å². The van der Waals surface area contributed by atoms with Crippen LogP contribution >= 0.6 is 11.3 Å². The van der Waals surface area contributed by atoms with Crippen LogP contribution in [0.1, 0.15) is 28.8 Å². The van der Waals surface area contributed by atoms with Gasteiger partial charge in [0.05, 0.1) is 0 Å². The Balaban J connectivity index is 1.73. The quantitative estimate of drug-likeness (QED) is 0.907. The van der Waals surface area contributed by atoms with Crippen molar-refractivity contribution >= 4 is 22.2 Å². The number of thiazole rings is 1. The lowest BCUT2D eigenvalue weighted by atomic mass is 10.1. The molecular weight excluding hydrogens is 266 g/mol. The van der Waals surface area contributed by atoms with Crippen molar-refractivity contribution in [2.24, 2.45) is 0 Å². The highest BCUT2D eigenvalue weighted by atomic mass is 32.1. The second kappa shape index (κ2) is 5.54. The number of hydrogen-bond acceptors (Lipinski definition) is 4. The minimum absolute atomic E-state index is 0.748. The van der Waals surface area contributed by atoms with Crippen LogP contribution in [0.4, 0.5) is 10.8 Å². The average Bonchev–Trinajstić information content (AvgIpc) is 3.11. The van der Waals surface area contributed by atoms with E-state index in [2.05, 4.69) is 54.3 Å². The number of aromatic nitrogens is 1. The monoisotopic (exact) mass is 287 g/mol. The van der Waals surface area contributed by atoms with Gasteiger partial charge in [-0.15, -0.1) is 11.3 Å². The van der Waals surface area contributed by atoms with E-state index in [-0.39, 0.29) is 0 Å². The van der Waals surface area contributed by atoms with Gasteiger partial charge in [-0.2, -0.15) is 0 Å². The van der Waals surface area contributed by atoms with E-state index in [0.717, 1.165) is 17.7 Å². The fourth-order valence-electron chi connectivity index (χ4n) is 2.32. The van der Waals surface area contributed by atoms with E-state index >= 15 is 0 Å². The van der Waals surface area contributed by atoms with Crippen molar-refractivity contribution in [1.29, 1.82) is 0 Å². The Bertz CT molecular complexity index is 581. The van der Waals surface area contributed by atoms with Crippen LogP contribution < -0.4 is 10.2 Å². The van der Waals surface area contributed by atoms with Gasteiger partial charge < -0.3 is 10.2 Å². The third-order valence-corrected chi connectivity index (χ3v) is 4.64. The van der Waals surface area contributed by atoms with E-state index in [1.54, 1.807) is 11.3 Å². The summed E-state index contributed by atoms with van der Waals surface area (Å²) < 4.78 is 0. The van der Waals surface area contributed by atoms with E-state index in [1.807, 2.05) is 6.20 Å². The molecule has 1 aliphatic rings. The van der Waals surface area contributed by atoms with Crippen LogP contribution in [0.5, 0.6) is 0 Å². The molecule has 1 saturated carbocycles. The molecule has 0 spiro atoms. The summed E-state index contributed by atoms with van der Waals surface area (Å²) in [7, 11) is 2.09. The van der Waals surface area contributed by atoms with Crippen LogP contribution in [0.3, 0.4) is 0 Å². The van der Waals surface area contributed by atoms with Crippen molar-refractivity contribution in [3.63, 3.8) is 0 Å². The molecule has 20 heavy (non-hydrogen) atoms. The van der Waals surface area contributed by atoms with Crippen LogP contribution in [0, 0.1) is 13.8 Å². The summed E-state index contributed by atoms with van der Waals surface area (Å²) >= 11 is 1.77. The van der Waals surface area contributed by atoms with Gasteiger partial charge in [0.1, 0.15) is 0 Å². The number of aryl methyl sites for hydroxylation is 2. The molecule has 1 aliphatic carbocycles. The second-order valence-corrected chi connectivity index (χ2v) is 6.76. The van der Waals surface area contributed by atoms with Gasteiger partial charge in [0.25, 0.3) is 0 Å². The Morgan fingerprint density at radius 3 is 2.60 bits per heavy atom. The zero-order chi connectivity index (χ0) is 14.1. The van der Waals surface area contributed by atoms with Gasteiger partial charge in [0.2, 0.25) is 0 Å². The molecule has 0 aliphatic heterocycles. The van der Waals surface area contributed by atoms with Crippen molar-refractivity contribution in [3.8, 4) is 0 Å². The van der Waals surface area contributed by atoms with Crippen LogP contribution in [0.2, 0.25) is 0 Å². The highest BCUT2D eigenvalue weighted by molar-refractivity contribution is 7.15. The number of rotatable bonds is 5. The van der Waals surface area contributed by atoms with E-state index in [0.29, 0.717) is 0 Å². The van der Waals surface area contributed by atoms with Gasteiger partial charge in [-0.25, -0.2) is 4.98 Å². The molecule has 1 N–H and O–H groups in total. The lowest BCUT2D eigenvalue weighted by molar-refractivity contribution is 0.694. The minimum atomic E-state index is 0.748. The molecule has 1 aromatic carbocycles. The van der Waals surface area contributed by atoms with Gasteiger partial charge >= 0.3 is 0 Å². The predicted octanol–water partition coefficient (Wildman–Crippen LogP) is 3.78. The first kappa shape index (κ1) is 13.6. The topological polar surface area (TPSA) is 28.2 Å². The number of nitrogens with zero attached hydrogens (tertiary/aromatic N) is 2. The molecule has 0 atom stereocenters. The summed E-state index contributed by atoms with van der Waals surface area (Å²) in [4.78, 5) is 8.03. The van der Waals surface area contributed by atoms with E-state index in [1.165, 1.54) is 34.5 Å². The first-order chi connectivity index (χ1) is 9.61. The first-order valence-electron chi connectivity index (χ1n) is 7.12. The molecule has 3 rings (SSSR count). The number of benzene rings is 1. The third kappa shape index (κ3) is 3.19. The maximum absolute atomic E-state index is 4.55. The van der Waals surface area contributed by atoms with Gasteiger partial charge in [-0.1, -0.05) is 6.07 Å². The summed E-state index contributed by atoms with van der Waals surface area (Å²) in [5, 5.41) is 4.59. The molecule has 3 nitrogen and oxygen atoms in total. The van der Waals surface area contributed by atoms with E-state index in [4.69, 9.17) is 0 Å². The van der Waals surface area contributed by atoms with Gasteiger partial charge in [-0.05, 0) is 49.9 Å². The van der Waals surface area contributed by atoms with Crippen LogP contribution in [0.25, 0.3) is 0 Å². The molecule has 1 heterocycles. The predicted molar refractivity (Wildman–Crippen MR) is 86.0 cm³/mol. The summed E-state index contributed by atoms with van der Waals surface area (Å²) in [5.74, 6) is 0. The maximum Gasteiger partial charge on any atom is 0.189 e. The van der Waals surface area contributed by atoms with Crippen molar-refractivity contribution in [2.75, 3.05) is 11.9 Å². The fourth-order valence-corrected chi connectivity index (χ4v) is 3.16. The van der Waals surface area contributed by atoms with Crippen LogP contribution in [0.15, 0.2) is 24.4 Å². The highest BCUT2D eigenvalue weighted by Crippen LogP contribution is 2.29. The summed E-state index contributed by atoms with van der Waals surface area (Å²) in [6, 6.07) is 7.36. The number of hydrogen-bond donors (Lipinski definition) is 1. The normalized spacial score (nSPS) is 14.6. The Morgan fingerprint density at radius 1 is 1.25 bits per heavy atom. The molecule has 1 aromatic heterocycles. The molecular formula is C16H21N3S. The zero-order valence-corrected chi connectivity index (χ0v) is 13.1. The zero-order valence-electron chi connectivity index (χ0n) is 12.3. The Labute approximate surface area is 124 Å². The number of anilines is 2. The summed E-state index contributed by atoms with van der Waals surface area (Å²) in [5.41, 5.74) is 3.79. The van der Waals surface area contributed by atoms with Crippen LogP contribution in [-0.2, 0) is 6.54 Å². The smallest absolute Gasteiger partial charge is 0.189 e. The van der Waals surface area contributed by atoms with E-state index in [9.17, 15) is 0 Å². The molecule has 0 bridgehead atoms.